The first-order valence-corrected chi connectivity index (χ1v) is 5.94. The molecular weight excluding hydrogens is 353 g/mol. The van der Waals surface area contributed by atoms with Gasteiger partial charge in [0, 0.05) is 0 Å². The van der Waals surface area contributed by atoms with E-state index in [1.807, 2.05) is 0 Å². The lowest BCUT2D eigenvalue weighted by Crippen LogP contribution is -2.58. The summed E-state index contributed by atoms with van der Waals surface area (Å²) in [5, 5.41) is 11.0. The number of ether oxygens (including phenoxy) is 1. The van der Waals surface area contributed by atoms with E-state index in [2.05, 4.69) is 5.10 Å². The van der Waals surface area contributed by atoms with Gasteiger partial charge < -0.3 is 9.84 Å². The van der Waals surface area contributed by atoms with Crippen LogP contribution in [0.4, 0.5) is 30.7 Å². The lowest BCUT2D eigenvalue weighted by molar-refractivity contribution is -0.361. The van der Waals surface area contributed by atoms with Gasteiger partial charge in [-0.3, -0.25) is 0 Å². The fourth-order valence-corrected chi connectivity index (χ4v) is 1.23. The van der Waals surface area contributed by atoms with Gasteiger partial charge in [0.1, 0.15) is 5.75 Å². The van der Waals surface area contributed by atoms with Crippen molar-refractivity contribution in [1.82, 2.24) is 5.43 Å². The molecule has 0 fully saturated rings. The first kappa shape index (κ1) is 19.5. The van der Waals surface area contributed by atoms with Crippen molar-refractivity contribution in [3.8, 4) is 5.75 Å². The van der Waals surface area contributed by atoms with E-state index in [1.54, 1.807) is 0 Å². The maximum Gasteiger partial charge on any atom is 0.462 e. The minimum Gasteiger partial charge on any atom is -0.482 e. The summed E-state index contributed by atoms with van der Waals surface area (Å²) in [6.07, 6.45) is -5.89. The molecule has 0 unspecified atom stereocenters. The summed E-state index contributed by atoms with van der Waals surface area (Å²) in [5.74, 6) is -7.44. The predicted molar refractivity (Wildman–Crippen MR) is 66.3 cm³/mol. The molecule has 0 aliphatic rings. The number of carbonyl (C=O) groups is 1. The summed E-state index contributed by atoms with van der Waals surface area (Å²) in [6.45, 7) is -0.631. The second-order valence-electron chi connectivity index (χ2n) is 4.27. The van der Waals surface area contributed by atoms with Crippen molar-refractivity contribution in [3.63, 3.8) is 0 Å². The standard InChI is InChI=1S/C12H9F7N2O3/c13-10(14,11(15,16)17)12(18,19)21-20-5-7-1-3-8(4-2-7)24-6-9(22)23/h1-5,21H,6H2,(H,22,23)/b20-5+. The van der Waals surface area contributed by atoms with Crippen LogP contribution in [-0.4, -0.2) is 42.0 Å². The van der Waals surface area contributed by atoms with Gasteiger partial charge in [0.2, 0.25) is 0 Å². The Balaban J connectivity index is 2.71. The molecule has 1 aromatic carbocycles. The first-order valence-electron chi connectivity index (χ1n) is 5.94. The van der Waals surface area contributed by atoms with E-state index >= 15 is 0 Å². The summed E-state index contributed by atoms with van der Waals surface area (Å²) in [5.41, 5.74) is 0.518. The summed E-state index contributed by atoms with van der Waals surface area (Å²) in [4.78, 5) is 10.3. The Morgan fingerprint density at radius 3 is 2.12 bits per heavy atom. The second-order valence-corrected chi connectivity index (χ2v) is 4.27. The lowest BCUT2D eigenvalue weighted by Gasteiger charge is -2.27. The minimum atomic E-state index is -6.46. The molecule has 12 heteroatoms. The largest absolute Gasteiger partial charge is 0.482 e. The number of nitrogens with zero attached hydrogens (tertiary/aromatic N) is 1. The van der Waals surface area contributed by atoms with Crippen LogP contribution in [-0.2, 0) is 4.79 Å². The van der Waals surface area contributed by atoms with Gasteiger partial charge in [-0.25, -0.2) is 10.2 Å². The molecule has 1 aromatic rings. The van der Waals surface area contributed by atoms with Gasteiger partial charge in [0.05, 0.1) is 6.21 Å². The highest BCUT2D eigenvalue weighted by molar-refractivity contribution is 5.79. The number of alkyl halides is 7. The van der Waals surface area contributed by atoms with Crippen LogP contribution in [0, 0.1) is 0 Å². The Hall–Kier alpha value is -2.53. The van der Waals surface area contributed by atoms with Gasteiger partial charge in [-0.05, 0) is 29.8 Å². The Morgan fingerprint density at radius 1 is 1.12 bits per heavy atom. The van der Waals surface area contributed by atoms with E-state index in [9.17, 15) is 35.5 Å². The summed E-state index contributed by atoms with van der Waals surface area (Å²) < 4.78 is 91.2. The van der Waals surface area contributed by atoms with Crippen LogP contribution in [0.3, 0.4) is 0 Å². The molecule has 24 heavy (non-hydrogen) atoms. The quantitative estimate of drug-likeness (QED) is 0.339. The highest BCUT2D eigenvalue weighted by Crippen LogP contribution is 2.44. The van der Waals surface area contributed by atoms with Crippen molar-refractivity contribution in [2.24, 2.45) is 5.10 Å². The normalized spacial score (nSPS) is 13.1. The molecule has 1 rings (SSSR count). The molecule has 0 radical (unpaired) electrons. The average molecular weight is 362 g/mol. The third-order valence-electron chi connectivity index (χ3n) is 2.41. The topological polar surface area (TPSA) is 70.9 Å². The Bertz CT molecular complexity index is 600. The average Bonchev–Trinajstić information content (AvgIpc) is 2.44. The second kappa shape index (κ2) is 6.93. The van der Waals surface area contributed by atoms with Gasteiger partial charge in [-0.2, -0.15) is 35.8 Å². The van der Waals surface area contributed by atoms with Crippen LogP contribution in [0.2, 0.25) is 0 Å². The molecular formula is C12H9F7N2O3. The maximum absolute atomic E-state index is 12.9. The van der Waals surface area contributed by atoms with Gasteiger partial charge in [-0.15, -0.1) is 0 Å². The van der Waals surface area contributed by atoms with Crippen LogP contribution in [0.25, 0.3) is 0 Å². The van der Waals surface area contributed by atoms with E-state index in [4.69, 9.17) is 9.84 Å². The third-order valence-corrected chi connectivity index (χ3v) is 2.41. The van der Waals surface area contributed by atoms with E-state index < -0.39 is 30.7 Å². The number of hydrogen-bond acceptors (Lipinski definition) is 4. The van der Waals surface area contributed by atoms with E-state index in [0.29, 0.717) is 11.6 Å². The van der Waals surface area contributed by atoms with Crippen molar-refractivity contribution >= 4 is 12.2 Å². The Labute approximate surface area is 129 Å². The van der Waals surface area contributed by atoms with Crippen molar-refractivity contribution in [2.45, 2.75) is 18.1 Å². The molecule has 5 nitrogen and oxygen atoms in total. The zero-order valence-corrected chi connectivity index (χ0v) is 11.5. The number of nitrogens with one attached hydrogen (secondary N) is 1. The number of hydrogen-bond donors (Lipinski definition) is 2. The van der Waals surface area contributed by atoms with Crippen LogP contribution in [0.1, 0.15) is 5.56 Å². The van der Waals surface area contributed by atoms with Crippen LogP contribution < -0.4 is 10.2 Å². The monoisotopic (exact) mass is 362 g/mol. The van der Waals surface area contributed by atoms with Gasteiger partial charge in [0.15, 0.2) is 6.61 Å². The smallest absolute Gasteiger partial charge is 0.462 e. The number of benzene rings is 1. The lowest BCUT2D eigenvalue weighted by atomic mass is 10.2. The van der Waals surface area contributed by atoms with E-state index in [0.717, 1.165) is 0 Å². The molecule has 0 aliphatic heterocycles. The number of rotatable bonds is 7. The van der Waals surface area contributed by atoms with Crippen molar-refractivity contribution in [3.05, 3.63) is 29.8 Å². The van der Waals surface area contributed by atoms with Gasteiger partial charge >= 0.3 is 24.1 Å². The van der Waals surface area contributed by atoms with Gasteiger partial charge in [0.25, 0.3) is 0 Å². The molecule has 0 aliphatic carbocycles. The molecule has 134 valence electrons. The van der Waals surface area contributed by atoms with Crippen LogP contribution >= 0.6 is 0 Å². The Kier molecular flexibility index (Phi) is 5.63. The predicted octanol–water partition coefficient (Wildman–Crippen LogP) is 2.86. The molecule has 0 bridgehead atoms. The fourth-order valence-electron chi connectivity index (χ4n) is 1.23. The molecule has 0 saturated carbocycles. The number of hydrazone groups is 1. The molecule has 0 saturated heterocycles. The van der Waals surface area contributed by atoms with E-state index in [-0.39, 0.29) is 11.3 Å². The number of carboxylic acids is 1. The summed E-state index contributed by atoms with van der Waals surface area (Å²) in [6, 6.07) is -0.851. The number of aliphatic carboxylic acids is 1. The zero-order valence-electron chi connectivity index (χ0n) is 11.5. The molecule has 0 spiro atoms. The molecule has 0 atom stereocenters. The van der Waals surface area contributed by atoms with Crippen molar-refractivity contribution in [1.29, 1.82) is 0 Å². The summed E-state index contributed by atoms with van der Waals surface area (Å²) >= 11 is 0. The van der Waals surface area contributed by atoms with E-state index in [1.165, 1.54) is 24.3 Å². The Morgan fingerprint density at radius 2 is 1.67 bits per heavy atom. The SMILES string of the molecule is O=C(O)COc1ccc(/C=N/NC(F)(F)C(F)(F)C(F)(F)F)cc1. The van der Waals surface area contributed by atoms with Gasteiger partial charge in [-0.1, -0.05) is 0 Å². The fraction of sp³-hybridized carbons (Fsp3) is 0.333. The molecule has 0 heterocycles. The van der Waals surface area contributed by atoms with Crippen molar-refractivity contribution < 1.29 is 45.4 Å². The number of carboxylic acid groups (broad SMARTS) is 1. The summed E-state index contributed by atoms with van der Waals surface area (Å²) in [7, 11) is 0. The van der Waals surface area contributed by atoms with Crippen LogP contribution in [0.5, 0.6) is 5.75 Å². The molecule has 0 aromatic heterocycles. The highest BCUT2D eigenvalue weighted by atomic mass is 19.4. The minimum absolute atomic E-state index is 0.0521. The van der Waals surface area contributed by atoms with Crippen LogP contribution in [0.15, 0.2) is 29.4 Å². The third kappa shape index (κ3) is 4.73. The first-order chi connectivity index (χ1) is 10.9. The van der Waals surface area contributed by atoms with Crippen molar-refractivity contribution in [2.75, 3.05) is 6.61 Å². The highest BCUT2D eigenvalue weighted by Gasteiger charge is 2.73. The molecule has 2 N–H and O–H groups in total. The number of halogens is 7. The zero-order chi connectivity index (χ0) is 18.6. The molecule has 0 amide bonds. The maximum atomic E-state index is 12.9.